The third kappa shape index (κ3) is 4.82. The van der Waals surface area contributed by atoms with Crippen LogP contribution in [0.4, 0.5) is 0 Å². The summed E-state index contributed by atoms with van der Waals surface area (Å²) in [5.41, 5.74) is 0.966. The Kier molecular flexibility index (Phi) is 6.54. The highest BCUT2D eigenvalue weighted by Gasteiger charge is 2.21. The van der Waals surface area contributed by atoms with Gasteiger partial charge in [0, 0.05) is 11.6 Å². The van der Waals surface area contributed by atoms with Gasteiger partial charge in [-0.05, 0) is 49.6 Å². The Morgan fingerprint density at radius 3 is 2.79 bits per heavy atom. The maximum absolute atomic E-state index is 12.9. The van der Waals surface area contributed by atoms with Gasteiger partial charge in [0.15, 0.2) is 0 Å². The fourth-order valence-corrected chi connectivity index (χ4v) is 3.36. The number of carboxylic acids is 1. The summed E-state index contributed by atoms with van der Waals surface area (Å²) in [5, 5.41) is 12.6. The van der Waals surface area contributed by atoms with Gasteiger partial charge in [-0.1, -0.05) is 29.8 Å². The van der Waals surface area contributed by atoms with Gasteiger partial charge in [0.25, 0.3) is 5.91 Å². The molecule has 2 aromatic carbocycles. The number of benzene rings is 2. The Labute approximate surface area is 168 Å². The lowest BCUT2D eigenvalue weighted by molar-refractivity contribution is 0.0670. The number of halogens is 1. The maximum atomic E-state index is 12.9. The van der Waals surface area contributed by atoms with E-state index in [2.05, 4.69) is 5.32 Å². The molecular weight excluding hydrogens is 382 g/mol. The lowest BCUT2D eigenvalue weighted by Crippen LogP contribution is -2.28. The number of nitrogens with one attached hydrogen (secondary N) is 1. The molecule has 2 atom stereocenters. The molecule has 1 saturated heterocycles. The lowest BCUT2D eigenvalue weighted by Gasteiger charge is -2.19. The van der Waals surface area contributed by atoms with Gasteiger partial charge in [0.2, 0.25) is 0 Å². The van der Waals surface area contributed by atoms with Crippen LogP contribution in [0.15, 0.2) is 42.5 Å². The summed E-state index contributed by atoms with van der Waals surface area (Å²) >= 11 is 6.07. The van der Waals surface area contributed by atoms with Crippen LogP contribution in [0.5, 0.6) is 5.75 Å². The molecule has 2 N–H and O–H groups in total. The van der Waals surface area contributed by atoms with Gasteiger partial charge >= 0.3 is 5.97 Å². The minimum atomic E-state index is -1.04. The van der Waals surface area contributed by atoms with E-state index < -0.39 is 17.9 Å². The standard InChI is InChI=1S/C21H22ClNO5/c1-13(16-6-2-3-7-17(16)21(25)26)23-20(24)18-11-14(22)8-9-19(18)28-12-15-5-4-10-27-15/h2-3,6-9,11,13,15H,4-5,10,12H2,1H3,(H,23,24)(H,25,26)/t13-,15-/m0/s1. The van der Waals surface area contributed by atoms with Gasteiger partial charge in [-0.25, -0.2) is 4.79 Å². The second-order valence-electron chi connectivity index (χ2n) is 6.67. The molecule has 0 unspecified atom stereocenters. The van der Waals surface area contributed by atoms with E-state index in [9.17, 15) is 14.7 Å². The minimum absolute atomic E-state index is 0.0213. The largest absolute Gasteiger partial charge is 0.490 e. The van der Waals surface area contributed by atoms with Crippen LogP contribution in [0.3, 0.4) is 0 Å². The van der Waals surface area contributed by atoms with Gasteiger partial charge in [-0.3, -0.25) is 4.79 Å². The van der Waals surface area contributed by atoms with E-state index in [1.807, 2.05) is 0 Å². The zero-order valence-corrected chi connectivity index (χ0v) is 16.2. The van der Waals surface area contributed by atoms with Crippen LogP contribution < -0.4 is 10.1 Å². The first-order chi connectivity index (χ1) is 13.5. The second kappa shape index (κ2) is 9.08. The van der Waals surface area contributed by atoms with Crippen LogP contribution in [-0.4, -0.2) is 36.3 Å². The highest BCUT2D eigenvalue weighted by molar-refractivity contribution is 6.31. The number of rotatable bonds is 7. The van der Waals surface area contributed by atoms with E-state index >= 15 is 0 Å². The van der Waals surface area contributed by atoms with Crippen LogP contribution >= 0.6 is 11.6 Å². The normalized spacial score (nSPS) is 17.1. The van der Waals surface area contributed by atoms with E-state index in [1.54, 1.807) is 37.3 Å². The number of hydrogen-bond donors (Lipinski definition) is 2. The van der Waals surface area contributed by atoms with Gasteiger partial charge < -0.3 is 19.9 Å². The van der Waals surface area contributed by atoms with Crippen molar-refractivity contribution in [2.45, 2.75) is 31.9 Å². The number of hydrogen-bond acceptors (Lipinski definition) is 4. The molecule has 0 spiro atoms. The van der Waals surface area contributed by atoms with Crippen molar-refractivity contribution in [1.29, 1.82) is 0 Å². The Bertz CT molecular complexity index is 864. The van der Waals surface area contributed by atoms with Gasteiger partial charge in [0.1, 0.15) is 12.4 Å². The number of ether oxygens (including phenoxy) is 2. The zero-order valence-electron chi connectivity index (χ0n) is 15.5. The Morgan fingerprint density at radius 2 is 2.07 bits per heavy atom. The van der Waals surface area contributed by atoms with Crippen LogP contribution in [0.25, 0.3) is 0 Å². The molecule has 2 aromatic rings. The average Bonchev–Trinajstić information content (AvgIpc) is 3.20. The quantitative estimate of drug-likeness (QED) is 0.727. The number of carboxylic acid groups (broad SMARTS) is 1. The smallest absolute Gasteiger partial charge is 0.336 e. The predicted molar refractivity (Wildman–Crippen MR) is 105 cm³/mol. The molecule has 1 heterocycles. The monoisotopic (exact) mass is 403 g/mol. The van der Waals surface area contributed by atoms with Crippen molar-refractivity contribution in [1.82, 2.24) is 5.32 Å². The lowest BCUT2D eigenvalue weighted by atomic mass is 10.0. The SMILES string of the molecule is C[C@H](NC(=O)c1cc(Cl)ccc1OC[C@@H]1CCCO1)c1ccccc1C(=O)O. The molecule has 6 nitrogen and oxygen atoms in total. The molecule has 3 rings (SSSR count). The molecule has 28 heavy (non-hydrogen) atoms. The molecule has 1 aliphatic heterocycles. The summed E-state index contributed by atoms with van der Waals surface area (Å²) < 4.78 is 11.4. The maximum Gasteiger partial charge on any atom is 0.336 e. The van der Waals surface area contributed by atoms with Crippen LogP contribution in [0.1, 0.15) is 52.1 Å². The first kappa shape index (κ1) is 20.2. The first-order valence-corrected chi connectivity index (χ1v) is 9.50. The Hall–Kier alpha value is -2.57. The summed E-state index contributed by atoms with van der Waals surface area (Å²) in [6.07, 6.45) is 1.95. The molecule has 148 valence electrons. The number of carbonyl (C=O) groups is 2. The minimum Gasteiger partial charge on any atom is -0.490 e. The summed E-state index contributed by atoms with van der Waals surface area (Å²) in [5.74, 6) is -1.02. The zero-order chi connectivity index (χ0) is 20.1. The molecule has 1 amide bonds. The topological polar surface area (TPSA) is 84.9 Å². The fraction of sp³-hybridized carbons (Fsp3) is 0.333. The average molecular weight is 404 g/mol. The van der Waals surface area contributed by atoms with Gasteiger partial charge in [0.05, 0.1) is 23.3 Å². The highest BCUT2D eigenvalue weighted by atomic mass is 35.5. The number of carbonyl (C=O) groups excluding carboxylic acids is 1. The molecule has 0 radical (unpaired) electrons. The number of aromatic carboxylic acids is 1. The van der Waals surface area contributed by atoms with E-state index in [0.29, 0.717) is 28.5 Å². The van der Waals surface area contributed by atoms with Crippen molar-refractivity contribution < 1.29 is 24.2 Å². The highest BCUT2D eigenvalue weighted by Crippen LogP contribution is 2.26. The summed E-state index contributed by atoms with van der Waals surface area (Å²) in [6, 6.07) is 10.9. The molecule has 0 aromatic heterocycles. The predicted octanol–water partition coefficient (Wildman–Crippen LogP) is 4.09. The van der Waals surface area contributed by atoms with Crippen molar-refractivity contribution in [2.75, 3.05) is 13.2 Å². The van der Waals surface area contributed by atoms with Crippen LogP contribution in [0.2, 0.25) is 5.02 Å². The third-order valence-electron chi connectivity index (χ3n) is 4.64. The van der Waals surface area contributed by atoms with Crippen molar-refractivity contribution in [3.05, 3.63) is 64.2 Å². The van der Waals surface area contributed by atoms with Gasteiger partial charge in [-0.15, -0.1) is 0 Å². The molecule has 0 aliphatic carbocycles. The van der Waals surface area contributed by atoms with Crippen molar-refractivity contribution >= 4 is 23.5 Å². The summed E-state index contributed by atoms with van der Waals surface area (Å²) in [4.78, 5) is 24.3. The number of amides is 1. The van der Waals surface area contributed by atoms with Crippen LogP contribution in [0, 0.1) is 0 Å². The molecule has 0 bridgehead atoms. The van der Waals surface area contributed by atoms with Crippen molar-refractivity contribution in [3.63, 3.8) is 0 Å². The van der Waals surface area contributed by atoms with Crippen molar-refractivity contribution in [2.24, 2.45) is 0 Å². The Balaban J connectivity index is 1.76. The summed E-state index contributed by atoms with van der Waals surface area (Å²) in [6.45, 7) is 2.82. The molecule has 7 heteroatoms. The molecule has 0 saturated carbocycles. The second-order valence-corrected chi connectivity index (χ2v) is 7.11. The fourth-order valence-electron chi connectivity index (χ4n) is 3.19. The van der Waals surface area contributed by atoms with Gasteiger partial charge in [-0.2, -0.15) is 0 Å². The van der Waals surface area contributed by atoms with Crippen LogP contribution in [-0.2, 0) is 4.74 Å². The Morgan fingerprint density at radius 1 is 1.29 bits per heavy atom. The van der Waals surface area contributed by atoms with E-state index in [-0.39, 0.29) is 11.7 Å². The van der Waals surface area contributed by atoms with E-state index in [1.165, 1.54) is 12.1 Å². The first-order valence-electron chi connectivity index (χ1n) is 9.12. The van der Waals surface area contributed by atoms with Crippen molar-refractivity contribution in [3.8, 4) is 5.75 Å². The van der Waals surface area contributed by atoms with E-state index in [4.69, 9.17) is 21.1 Å². The third-order valence-corrected chi connectivity index (χ3v) is 4.88. The molecular formula is C21H22ClNO5. The van der Waals surface area contributed by atoms with E-state index in [0.717, 1.165) is 19.4 Å². The molecule has 1 fully saturated rings. The summed E-state index contributed by atoms with van der Waals surface area (Å²) in [7, 11) is 0. The molecule has 1 aliphatic rings.